The molecule has 1 N–H and O–H groups in total. The number of hydrogen-bond donors (Lipinski definition) is 1. The highest BCUT2D eigenvalue weighted by Crippen LogP contribution is 2.28. The molecule has 0 radical (unpaired) electrons. The molecular weight excluding hydrogens is 225 g/mol. The summed E-state index contributed by atoms with van der Waals surface area (Å²) in [4.78, 5) is 0. The summed E-state index contributed by atoms with van der Waals surface area (Å²) >= 11 is 0. The van der Waals surface area contributed by atoms with Gasteiger partial charge in [-0.3, -0.25) is 0 Å². The van der Waals surface area contributed by atoms with Gasteiger partial charge in [0.1, 0.15) is 5.82 Å². The summed E-state index contributed by atoms with van der Waals surface area (Å²) in [5.74, 6) is 0.844. The van der Waals surface area contributed by atoms with Crippen molar-refractivity contribution in [2.24, 2.45) is 5.92 Å². The van der Waals surface area contributed by atoms with Crippen molar-refractivity contribution in [3.63, 3.8) is 0 Å². The number of rotatable bonds is 6. The van der Waals surface area contributed by atoms with Gasteiger partial charge in [-0.2, -0.15) is 0 Å². The predicted molar refractivity (Wildman–Crippen MR) is 74.0 cm³/mol. The van der Waals surface area contributed by atoms with Crippen LogP contribution in [0.5, 0.6) is 0 Å². The Morgan fingerprint density at radius 3 is 2.78 bits per heavy atom. The minimum Gasteiger partial charge on any atom is -0.313 e. The van der Waals surface area contributed by atoms with Gasteiger partial charge in [0.25, 0.3) is 0 Å². The molecule has 1 aliphatic rings. The fourth-order valence-electron chi connectivity index (χ4n) is 2.90. The van der Waals surface area contributed by atoms with Gasteiger partial charge in [0, 0.05) is 6.54 Å². The van der Waals surface area contributed by atoms with E-state index in [1.807, 2.05) is 13.0 Å². The monoisotopic (exact) mass is 249 g/mol. The van der Waals surface area contributed by atoms with Gasteiger partial charge in [-0.05, 0) is 55.5 Å². The van der Waals surface area contributed by atoms with E-state index in [4.69, 9.17) is 0 Å². The highest BCUT2D eigenvalue weighted by atomic mass is 19.1. The van der Waals surface area contributed by atoms with Gasteiger partial charge in [-0.25, -0.2) is 4.39 Å². The first kappa shape index (κ1) is 13.5. The van der Waals surface area contributed by atoms with Crippen molar-refractivity contribution >= 4 is 0 Å². The maximum atomic E-state index is 12.9. The lowest BCUT2D eigenvalue weighted by Crippen LogP contribution is -2.16. The lowest BCUT2D eigenvalue weighted by Gasteiger charge is -2.10. The molecule has 100 valence electrons. The molecule has 1 aliphatic carbocycles. The van der Waals surface area contributed by atoms with E-state index >= 15 is 0 Å². The first-order valence-corrected chi connectivity index (χ1v) is 7.21. The van der Waals surface area contributed by atoms with Gasteiger partial charge in [-0.1, -0.05) is 31.7 Å². The maximum absolute atomic E-state index is 12.9. The molecule has 0 bridgehead atoms. The summed E-state index contributed by atoms with van der Waals surface area (Å²) in [5, 5.41) is 3.46. The molecule has 1 fully saturated rings. The zero-order chi connectivity index (χ0) is 12.8. The molecule has 0 unspecified atom stereocenters. The molecule has 1 aromatic rings. The Balaban J connectivity index is 1.62. The largest absolute Gasteiger partial charge is 0.313 e. The van der Waals surface area contributed by atoms with Crippen LogP contribution in [0.1, 0.15) is 49.7 Å². The molecule has 0 amide bonds. The molecule has 0 aliphatic heterocycles. The molecule has 0 spiro atoms. The molecule has 1 aromatic carbocycles. The maximum Gasteiger partial charge on any atom is 0.123 e. The molecule has 0 saturated heterocycles. The lowest BCUT2D eigenvalue weighted by atomic mass is 10.0. The van der Waals surface area contributed by atoms with Crippen LogP contribution < -0.4 is 5.32 Å². The zero-order valence-electron chi connectivity index (χ0n) is 11.3. The second-order valence-corrected chi connectivity index (χ2v) is 5.54. The van der Waals surface area contributed by atoms with Crippen LogP contribution in [0.2, 0.25) is 0 Å². The molecule has 2 rings (SSSR count). The minimum atomic E-state index is -0.141. The van der Waals surface area contributed by atoms with Crippen molar-refractivity contribution in [2.75, 3.05) is 6.54 Å². The summed E-state index contributed by atoms with van der Waals surface area (Å²) in [5.41, 5.74) is 2.25. The highest BCUT2D eigenvalue weighted by molar-refractivity contribution is 5.26. The zero-order valence-corrected chi connectivity index (χ0v) is 11.3. The first-order chi connectivity index (χ1) is 8.75. The standard InChI is InChI=1S/C16H24FN/c1-13-11-16(17)9-8-15(13)12-18-10-4-7-14-5-2-3-6-14/h8-9,11,14,18H,2-7,10,12H2,1H3. The number of nitrogens with one attached hydrogen (secondary N) is 1. The lowest BCUT2D eigenvalue weighted by molar-refractivity contribution is 0.470. The van der Waals surface area contributed by atoms with Crippen molar-refractivity contribution in [3.8, 4) is 0 Å². The summed E-state index contributed by atoms with van der Waals surface area (Å²) < 4.78 is 12.9. The van der Waals surface area contributed by atoms with Crippen LogP contribution in [-0.2, 0) is 6.54 Å². The summed E-state index contributed by atoms with van der Waals surface area (Å²) in [6.07, 6.45) is 8.40. The summed E-state index contributed by atoms with van der Waals surface area (Å²) in [7, 11) is 0. The van der Waals surface area contributed by atoms with Crippen LogP contribution in [0.25, 0.3) is 0 Å². The van der Waals surface area contributed by atoms with Crippen LogP contribution in [0, 0.1) is 18.7 Å². The van der Waals surface area contributed by atoms with E-state index in [1.54, 1.807) is 12.1 Å². The SMILES string of the molecule is Cc1cc(F)ccc1CNCCCC1CCCC1. The Morgan fingerprint density at radius 1 is 1.28 bits per heavy atom. The fourth-order valence-corrected chi connectivity index (χ4v) is 2.90. The van der Waals surface area contributed by atoms with Crippen LogP contribution in [0.3, 0.4) is 0 Å². The van der Waals surface area contributed by atoms with Crippen molar-refractivity contribution < 1.29 is 4.39 Å². The molecule has 18 heavy (non-hydrogen) atoms. The average Bonchev–Trinajstić information content (AvgIpc) is 2.84. The molecular formula is C16H24FN. The topological polar surface area (TPSA) is 12.0 Å². The Morgan fingerprint density at radius 2 is 2.06 bits per heavy atom. The van der Waals surface area contributed by atoms with E-state index in [9.17, 15) is 4.39 Å². The van der Waals surface area contributed by atoms with E-state index < -0.39 is 0 Å². The van der Waals surface area contributed by atoms with E-state index in [0.717, 1.165) is 24.6 Å². The van der Waals surface area contributed by atoms with Crippen LogP contribution >= 0.6 is 0 Å². The van der Waals surface area contributed by atoms with Crippen molar-refractivity contribution in [1.29, 1.82) is 0 Å². The Bertz CT molecular complexity index is 369. The van der Waals surface area contributed by atoms with Crippen molar-refractivity contribution in [1.82, 2.24) is 5.32 Å². The summed E-state index contributed by atoms with van der Waals surface area (Å²) in [6.45, 7) is 3.91. The van der Waals surface area contributed by atoms with Crippen molar-refractivity contribution in [2.45, 2.75) is 52.0 Å². The van der Waals surface area contributed by atoms with Crippen LogP contribution in [0.15, 0.2) is 18.2 Å². The average molecular weight is 249 g/mol. The predicted octanol–water partition coefficient (Wildman–Crippen LogP) is 4.19. The molecule has 2 heteroatoms. The van der Waals surface area contributed by atoms with E-state index in [2.05, 4.69) is 5.32 Å². The third kappa shape index (κ3) is 4.09. The number of hydrogen-bond acceptors (Lipinski definition) is 1. The smallest absolute Gasteiger partial charge is 0.123 e. The van der Waals surface area contributed by atoms with Crippen LogP contribution in [-0.4, -0.2) is 6.54 Å². The molecule has 0 atom stereocenters. The van der Waals surface area contributed by atoms with E-state index in [-0.39, 0.29) is 5.82 Å². The Kier molecular flexibility index (Phi) is 5.18. The quantitative estimate of drug-likeness (QED) is 0.745. The number of halogens is 1. The van der Waals surface area contributed by atoms with Gasteiger partial charge in [0.05, 0.1) is 0 Å². The Labute approximate surface area is 110 Å². The minimum absolute atomic E-state index is 0.141. The van der Waals surface area contributed by atoms with Gasteiger partial charge in [0.2, 0.25) is 0 Å². The van der Waals surface area contributed by atoms with Gasteiger partial charge in [-0.15, -0.1) is 0 Å². The summed E-state index contributed by atoms with van der Waals surface area (Å²) in [6, 6.07) is 5.03. The second-order valence-electron chi connectivity index (χ2n) is 5.54. The molecule has 0 heterocycles. The highest BCUT2D eigenvalue weighted by Gasteiger charge is 2.13. The molecule has 0 aromatic heterocycles. The Hall–Kier alpha value is -0.890. The first-order valence-electron chi connectivity index (χ1n) is 7.21. The second kappa shape index (κ2) is 6.89. The fraction of sp³-hybridized carbons (Fsp3) is 0.625. The van der Waals surface area contributed by atoms with Crippen molar-refractivity contribution in [3.05, 3.63) is 35.1 Å². The van der Waals surface area contributed by atoms with E-state index in [0.29, 0.717) is 0 Å². The van der Waals surface area contributed by atoms with Crippen LogP contribution in [0.4, 0.5) is 4.39 Å². The normalized spacial score (nSPS) is 16.3. The molecule has 1 nitrogen and oxygen atoms in total. The third-order valence-corrected chi connectivity index (χ3v) is 4.06. The van der Waals surface area contributed by atoms with Gasteiger partial charge in [0.15, 0.2) is 0 Å². The van der Waals surface area contributed by atoms with Gasteiger partial charge < -0.3 is 5.32 Å². The number of benzene rings is 1. The van der Waals surface area contributed by atoms with E-state index in [1.165, 1.54) is 44.1 Å². The van der Waals surface area contributed by atoms with Gasteiger partial charge >= 0.3 is 0 Å². The number of aryl methyl sites for hydroxylation is 1. The molecule has 1 saturated carbocycles. The third-order valence-electron chi connectivity index (χ3n) is 4.06.